The summed E-state index contributed by atoms with van der Waals surface area (Å²) in [5.74, 6) is 0. The fourth-order valence-electron chi connectivity index (χ4n) is 0.919. The number of ether oxygens (including phenoxy) is 1. The van der Waals surface area contributed by atoms with Gasteiger partial charge in [0, 0.05) is 11.8 Å². The van der Waals surface area contributed by atoms with Gasteiger partial charge in [0.1, 0.15) is 0 Å². The molecule has 0 aliphatic rings. The minimum Gasteiger partial charge on any atom is -0.370 e. The molecule has 0 spiro atoms. The second-order valence-corrected chi connectivity index (χ2v) is 4.98. The molecule has 0 unspecified atom stereocenters. The van der Waals surface area contributed by atoms with Gasteiger partial charge in [0.15, 0.2) is 0 Å². The highest BCUT2D eigenvalue weighted by atomic mass is 16.6. The van der Waals surface area contributed by atoms with E-state index in [1.54, 1.807) is 0 Å². The van der Waals surface area contributed by atoms with E-state index in [0.717, 1.165) is 0 Å². The lowest BCUT2D eigenvalue weighted by atomic mass is 10.1. The van der Waals surface area contributed by atoms with Crippen LogP contribution in [0, 0.1) is 10.1 Å². The SMILES string of the molecule is CC(C)(C)OC(C)(C)C.CC[N+](=O)[O-]. The van der Waals surface area contributed by atoms with Gasteiger partial charge in [0.05, 0.1) is 11.2 Å². The molecule has 0 atom stereocenters. The highest BCUT2D eigenvalue weighted by molar-refractivity contribution is 4.68. The largest absolute Gasteiger partial charge is 0.370 e. The van der Waals surface area contributed by atoms with Gasteiger partial charge in [-0.1, -0.05) is 0 Å². The molecular weight excluding hydrogens is 182 g/mol. The molecule has 0 N–H and O–H groups in total. The van der Waals surface area contributed by atoms with E-state index in [0.29, 0.717) is 0 Å². The summed E-state index contributed by atoms with van der Waals surface area (Å²) in [6, 6.07) is 0. The van der Waals surface area contributed by atoms with E-state index in [1.807, 2.05) is 0 Å². The second kappa shape index (κ2) is 5.96. The lowest BCUT2D eigenvalue weighted by Gasteiger charge is -2.30. The van der Waals surface area contributed by atoms with Gasteiger partial charge in [-0.15, -0.1) is 0 Å². The Labute approximate surface area is 86.8 Å². The van der Waals surface area contributed by atoms with Crippen LogP contribution in [0.15, 0.2) is 0 Å². The van der Waals surface area contributed by atoms with Crippen LogP contribution in [0.1, 0.15) is 48.5 Å². The third-order valence-corrected chi connectivity index (χ3v) is 0.871. The normalized spacial score (nSPS) is 11.6. The van der Waals surface area contributed by atoms with E-state index in [9.17, 15) is 10.1 Å². The summed E-state index contributed by atoms with van der Waals surface area (Å²) >= 11 is 0. The van der Waals surface area contributed by atoms with Crippen molar-refractivity contribution in [3.05, 3.63) is 10.1 Å². The van der Waals surface area contributed by atoms with Crippen molar-refractivity contribution in [2.75, 3.05) is 6.54 Å². The maximum absolute atomic E-state index is 9.17. The predicted molar refractivity (Wildman–Crippen MR) is 58.1 cm³/mol. The third kappa shape index (κ3) is 22.5. The van der Waals surface area contributed by atoms with Crippen LogP contribution >= 0.6 is 0 Å². The Morgan fingerprint density at radius 3 is 1.29 bits per heavy atom. The van der Waals surface area contributed by atoms with Crippen molar-refractivity contribution in [2.24, 2.45) is 0 Å². The summed E-state index contributed by atoms with van der Waals surface area (Å²) in [5.41, 5.74) is -0.0312. The van der Waals surface area contributed by atoms with Crippen LogP contribution in [-0.4, -0.2) is 22.7 Å². The molecule has 0 heterocycles. The van der Waals surface area contributed by atoms with Crippen molar-refractivity contribution in [2.45, 2.75) is 59.7 Å². The lowest BCUT2D eigenvalue weighted by molar-refractivity contribution is -0.475. The van der Waals surface area contributed by atoms with Gasteiger partial charge in [-0.25, -0.2) is 0 Å². The van der Waals surface area contributed by atoms with Crippen molar-refractivity contribution in [3.63, 3.8) is 0 Å². The molecule has 14 heavy (non-hydrogen) atoms. The number of nitrogens with zero attached hydrogens (tertiary/aromatic N) is 1. The van der Waals surface area contributed by atoms with Crippen molar-refractivity contribution in [1.29, 1.82) is 0 Å². The zero-order chi connectivity index (χ0) is 12.0. The van der Waals surface area contributed by atoms with Gasteiger partial charge in [0.25, 0.3) is 0 Å². The Bertz CT molecular complexity index is 153. The maximum Gasteiger partial charge on any atom is 0.201 e. The Morgan fingerprint density at radius 2 is 1.29 bits per heavy atom. The van der Waals surface area contributed by atoms with Crippen LogP contribution in [0.25, 0.3) is 0 Å². The van der Waals surface area contributed by atoms with Crippen LogP contribution in [0.5, 0.6) is 0 Å². The van der Waals surface area contributed by atoms with Crippen LogP contribution in [0.3, 0.4) is 0 Å². The Balaban J connectivity index is 0. The van der Waals surface area contributed by atoms with E-state index in [-0.39, 0.29) is 22.7 Å². The molecule has 0 bridgehead atoms. The number of hydrogen-bond donors (Lipinski definition) is 0. The van der Waals surface area contributed by atoms with E-state index < -0.39 is 0 Å². The van der Waals surface area contributed by atoms with Crippen LogP contribution in [0.2, 0.25) is 0 Å². The molecular formula is C10H23NO3. The summed E-state index contributed by atoms with van der Waals surface area (Å²) in [6.45, 7) is 13.9. The smallest absolute Gasteiger partial charge is 0.201 e. The first-order valence-corrected chi connectivity index (χ1v) is 4.80. The Hall–Kier alpha value is -0.640. The molecule has 0 aromatic carbocycles. The molecule has 4 nitrogen and oxygen atoms in total. The molecule has 4 heteroatoms. The van der Waals surface area contributed by atoms with E-state index in [2.05, 4.69) is 41.5 Å². The summed E-state index contributed by atoms with van der Waals surface area (Å²) in [7, 11) is 0. The molecule has 0 fully saturated rings. The molecule has 0 aromatic heterocycles. The van der Waals surface area contributed by atoms with Crippen LogP contribution in [-0.2, 0) is 4.74 Å². The van der Waals surface area contributed by atoms with Gasteiger partial charge >= 0.3 is 0 Å². The Morgan fingerprint density at radius 1 is 1.07 bits per heavy atom. The minimum atomic E-state index is -0.375. The Kier molecular flexibility index (Phi) is 6.73. The van der Waals surface area contributed by atoms with E-state index in [1.165, 1.54) is 6.92 Å². The van der Waals surface area contributed by atoms with Crippen molar-refractivity contribution in [1.82, 2.24) is 0 Å². The van der Waals surface area contributed by atoms with Crippen LogP contribution < -0.4 is 0 Å². The standard InChI is InChI=1S/C8H18O.C2H5NO2/c1-7(2,3)9-8(4,5)6;1-2-3(4)5/h1-6H3;2H2,1H3. The first kappa shape index (κ1) is 15.8. The van der Waals surface area contributed by atoms with Gasteiger partial charge in [0.2, 0.25) is 6.54 Å². The predicted octanol–water partition coefficient (Wildman–Crippen LogP) is 2.88. The summed E-state index contributed by atoms with van der Waals surface area (Å²) in [6.07, 6.45) is 0. The summed E-state index contributed by atoms with van der Waals surface area (Å²) < 4.78 is 5.62. The van der Waals surface area contributed by atoms with E-state index in [4.69, 9.17) is 4.74 Å². The van der Waals surface area contributed by atoms with Crippen molar-refractivity contribution >= 4 is 0 Å². The summed E-state index contributed by atoms with van der Waals surface area (Å²) in [5, 5.41) is 9.17. The molecule has 0 aromatic rings. The molecule has 0 saturated heterocycles. The minimum absolute atomic E-state index is 0.0156. The second-order valence-electron chi connectivity index (χ2n) is 4.98. The topological polar surface area (TPSA) is 52.4 Å². The average molecular weight is 205 g/mol. The average Bonchev–Trinajstić information content (AvgIpc) is 1.80. The summed E-state index contributed by atoms with van der Waals surface area (Å²) in [4.78, 5) is 8.80. The van der Waals surface area contributed by atoms with Crippen LogP contribution in [0.4, 0.5) is 0 Å². The number of nitro groups is 1. The number of hydrogen-bond acceptors (Lipinski definition) is 3. The zero-order valence-corrected chi connectivity index (χ0v) is 10.4. The molecule has 0 saturated carbocycles. The molecule has 0 amide bonds. The van der Waals surface area contributed by atoms with Gasteiger partial charge in [-0.3, -0.25) is 10.1 Å². The molecule has 0 radical (unpaired) electrons. The highest BCUT2D eigenvalue weighted by Gasteiger charge is 2.19. The lowest BCUT2D eigenvalue weighted by Crippen LogP contribution is -2.31. The first-order chi connectivity index (χ1) is 5.98. The highest BCUT2D eigenvalue weighted by Crippen LogP contribution is 2.17. The third-order valence-electron chi connectivity index (χ3n) is 0.871. The molecule has 0 rings (SSSR count). The van der Waals surface area contributed by atoms with Gasteiger partial charge in [-0.2, -0.15) is 0 Å². The quantitative estimate of drug-likeness (QED) is 0.488. The molecule has 86 valence electrons. The van der Waals surface area contributed by atoms with Crippen molar-refractivity contribution in [3.8, 4) is 0 Å². The van der Waals surface area contributed by atoms with Gasteiger partial charge < -0.3 is 4.74 Å². The molecule has 0 aliphatic carbocycles. The maximum atomic E-state index is 9.17. The zero-order valence-electron chi connectivity index (χ0n) is 10.4. The monoisotopic (exact) mass is 205 g/mol. The fourth-order valence-corrected chi connectivity index (χ4v) is 0.919. The first-order valence-electron chi connectivity index (χ1n) is 4.80. The van der Waals surface area contributed by atoms with Gasteiger partial charge in [-0.05, 0) is 41.5 Å². The van der Waals surface area contributed by atoms with Crippen molar-refractivity contribution < 1.29 is 9.66 Å². The van der Waals surface area contributed by atoms with E-state index >= 15 is 0 Å². The fraction of sp³-hybridized carbons (Fsp3) is 1.00. The number of rotatable bonds is 1. The molecule has 0 aliphatic heterocycles.